The summed E-state index contributed by atoms with van der Waals surface area (Å²) in [5, 5.41) is 6.44. The minimum atomic E-state index is 0.600. The van der Waals surface area contributed by atoms with Gasteiger partial charge in [0.15, 0.2) is 17.5 Å². The molecule has 0 atom stereocenters. The average Bonchev–Trinajstić information content (AvgIpc) is 3.63. The molecule has 9 rings (SSSR count). The van der Waals surface area contributed by atoms with Crippen molar-refractivity contribution < 1.29 is 8.83 Å². The highest BCUT2D eigenvalue weighted by Gasteiger charge is 2.18. The Morgan fingerprint density at radius 2 is 0.976 bits per heavy atom. The number of fused-ring (bicyclic) bond motifs is 8. The highest BCUT2D eigenvalue weighted by Crippen LogP contribution is 2.38. The van der Waals surface area contributed by atoms with Crippen LogP contribution in [-0.4, -0.2) is 15.0 Å². The monoisotopic (exact) mass is 539 g/mol. The van der Waals surface area contributed by atoms with Crippen LogP contribution in [0, 0.1) is 0 Å². The topological polar surface area (TPSA) is 65.0 Å². The molecule has 0 saturated heterocycles. The van der Waals surface area contributed by atoms with Gasteiger partial charge in [-0.3, -0.25) is 0 Å². The van der Waals surface area contributed by atoms with Gasteiger partial charge in [0.05, 0.1) is 0 Å². The summed E-state index contributed by atoms with van der Waals surface area (Å²) in [5.41, 5.74) is 6.11. The zero-order valence-electron chi connectivity index (χ0n) is 22.3. The molecule has 0 unspecified atom stereocenters. The minimum absolute atomic E-state index is 0.600. The minimum Gasteiger partial charge on any atom is -0.456 e. The summed E-state index contributed by atoms with van der Waals surface area (Å²) in [6.45, 7) is 0. The summed E-state index contributed by atoms with van der Waals surface area (Å²) in [4.78, 5) is 15.1. The van der Waals surface area contributed by atoms with E-state index in [1.165, 1.54) is 0 Å². The molecule has 0 aliphatic rings. The Labute approximate surface area is 239 Å². The van der Waals surface area contributed by atoms with Crippen LogP contribution >= 0.6 is 0 Å². The van der Waals surface area contributed by atoms with Crippen LogP contribution in [0.25, 0.3) is 88.8 Å². The van der Waals surface area contributed by atoms with E-state index in [1.807, 2.05) is 84.9 Å². The largest absolute Gasteiger partial charge is 0.456 e. The van der Waals surface area contributed by atoms with Gasteiger partial charge in [-0.2, -0.15) is 0 Å². The second-order valence-corrected chi connectivity index (χ2v) is 10.4. The molecule has 0 aliphatic carbocycles. The van der Waals surface area contributed by atoms with Crippen molar-refractivity contribution in [3.8, 4) is 34.2 Å². The number of para-hydroxylation sites is 2. The van der Waals surface area contributed by atoms with E-state index in [-0.39, 0.29) is 0 Å². The molecule has 6 aromatic carbocycles. The van der Waals surface area contributed by atoms with E-state index in [2.05, 4.69) is 42.5 Å². The van der Waals surface area contributed by atoms with E-state index in [0.717, 1.165) is 71.3 Å². The van der Waals surface area contributed by atoms with E-state index in [4.69, 9.17) is 23.8 Å². The Hall–Kier alpha value is -5.81. The van der Waals surface area contributed by atoms with E-state index in [0.29, 0.717) is 17.5 Å². The Morgan fingerprint density at radius 3 is 1.76 bits per heavy atom. The molecular weight excluding hydrogens is 518 g/mol. The molecule has 5 nitrogen and oxygen atoms in total. The average molecular weight is 540 g/mol. The first-order valence-electron chi connectivity index (χ1n) is 13.9. The Bertz CT molecular complexity index is 2470. The van der Waals surface area contributed by atoms with Gasteiger partial charge in [0.2, 0.25) is 0 Å². The van der Waals surface area contributed by atoms with Crippen molar-refractivity contribution in [2.45, 2.75) is 0 Å². The number of nitrogens with zero attached hydrogens (tertiary/aromatic N) is 3. The number of aromatic nitrogens is 3. The number of furan rings is 2. The molecule has 0 bridgehead atoms. The summed E-state index contributed by atoms with van der Waals surface area (Å²) in [6, 6.07) is 42.8. The molecule has 0 N–H and O–H groups in total. The van der Waals surface area contributed by atoms with Crippen molar-refractivity contribution in [2.75, 3.05) is 0 Å². The number of hydrogen-bond acceptors (Lipinski definition) is 5. The molecule has 0 aliphatic heterocycles. The lowest BCUT2D eigenvalue weighted by Gasteiger charge is -2.10. The summed E-state index contributed by atoms with van der Waals surface area (Å²) in [5.74, 6) is 1.82. The molecule has 5 heteroatoms. The highest BCUT2D eigenvalue weighted by atomic mass is 16.3. The highest BCUT2D eigenvalue weighted by molar-refractivity contribution is 6.19. The van der Waals surface area contributed by atoms with Crippen LogP contribution in [0.3, 0.4) is 0 Å². The molecule has 0 spiro atoms. The predicted molar refractivity (Wildman–Crippen MR) is 168 cm³/mol. The second kappa shape index (κ2) is 8.85. The molecular formula is C37H21N3O2. The summed E-state index contributed by atoms with van der Waals surface area (Å²) in [7, 11) is 0. The van der Waals surface area contributed by atoms with E-state index < -0.39 is 0 Å². The van der Waals surface area contributed by atoms with E-state index >= 15 is 0 Å². The van der Waals surface area contributed by atoms with Crippen molar-refractivity contribution in [2.24, 2.45) is 0 Å². The predicted octanol–water partition coefficient (Wildman–Crippen LogP) is 9.82. The lowest BCUT2D eigenvalue weighted by Crippen LogP contribution is -2.00. The molecule has 0 amide bonds. The van der Waals surface area contributed by atoms with Gasteiger partial charge in [0.25, 0.3) is 0 Å². The van der Waals surface area contributed by atoms with Gasteiger partial charge in [-0.15, -0.1) is 0 Å². The zero-order chi connectivity index (χ0) is 27.6. The maximum absolute atomic E-state index is 6.18. The molecule has 3 aromatic heterocycles. The molecule has 0 fully saturated rings. The molecule has 196 valence electrons. The van der Waals surface area contributed by atoms with E-state index in [1.54, 1.807) is 0 Å². The van der Waals surface area contributed by atoms with Gasteiger partial charge in [-0.05, 0) is 41.1 Å². The Morgan fingerprint density at radius 1 is 0.381 bits per heavy atom. The van der Waals surface area contributed by atoms with Crippen molar-refractivity contribution >= 4 is 54.6 Å². The molecule has 0 radical (unpaired) electrons. The van der Waals surface area contributed by atoms with Crippen LogP contribution < -0.4 is 0 Å². The fourth-order valence-corrected chi connectivity index (χ4v) is 5.99. The fourth-order valence-electron chi connectivity index (χ4n) is 5.99. The number of hydrogen-bond donors (Lipinski definition) is 0. The molecule has 42 heavy (non-hydrogen) atoms. The quantitative estimate of drug-likeness (QED) is 0.224. The summed E-state index contributed by atoms with van der Waals surface area (Å²) < 4.78 is 12.4. The standard InChI is InChI=1S/C37H21N3O2/c1-2-9-23(10-3-1)35-38-36(40-37(39-35)27-13-8-16-31-33(27)25-11-4-6-14-29(25)41-31)24-18-17-22-19-20-32-34(28(22)21-24)26-12-5-7-15-30(26)42-32/h1-21H. The third-order valence-corrected chi connectivity index (χ3v) is 7.93. The summed E-state index contributed by atoms with van der Waals surface area (Å²) >= 11 is 0. The van der Waals surface area contributed by atoms with E-state index in [9.17, 15) is 0 Å². The zero-order valence-corrected chi connectivity index (χ0v) is 22.3. The normalized spacial score (nSPS) is 11.8. The van der Waals surface area contributed by atoms with Crippen LogP contribution in [0.5, 0.6) is 0 Å². The van der Waals surface area contributed by atoms with Crippen LogP contribution in [0.1, 0.15) is 0 Å². The first-order valence-corrected chi connectivity index (χ1v) is 13.9. The van der Waals surface area contributed by atoms with Crippen LogP contribution in [0.4, 0.5) is 0 Å². The van der Waals surface area contributed by atoms with Crippen LogP contribution in [0.2, 0.25) is 0 Å². The van der Waals surface area contributed by atoms with Gasteiger partial charge >= 0.3 is 0 Å². The van der Waals surface area contributed by atoms with Gasteiger partial charge in [-0.25, -0.2) is 15.0 Å². The van der Waals surface area contributed by atoms with Crippen molar-refractivity contribution in [3.63, 3.8) is 0 Å². The molecule has 0 saturated carbocycles. The molecule has 9 aromatic rings. The third kappa shape index (κ3) is 3.47. The molecule has 3 heterocycles. The first kappa shape index (κ1) is 22.9. The van der Waals surface area contributed by atoms with Crippen LogP contribution in [-0.2, 0) is 0 Å². The number of rotatable bonds is 3. The number of benzene rings is 6. The van der Waals surface area contributed by atoms with Crippen LogP contribution in [0.15, 0.2) is 136 Å². The summed E-state index contributed by atoms with van der Waals surface area (Å²) in [6.07, 6.45) is 0. The smallest absolute Gasteiger partial charge is 0.164 e. The van der Waals surface area contributed by atoms with Gasteiger partial charge in [-0.1, -0.05) is 97.1 Å². The van der Waals surface area contributed by atoms with Crippen molar-refractivity contribution in [1.82, 2.24) is 15.0 Å². The fraction of sp³-hybridized carbons (Fsp3) is 0. The SMILES string of the molecule is c1ccc(-c2nc(-c3ccc4ccc5oc6ccccc6c5c4c3)nc(-c3cccc4oc5ccccc5c34)n2)cc1. The third-order valence-electron chi connectivity index (χ3n) is 7.93. The lowest BCUT2D eigenvalue weighted by molar-refractivity contribution is 0.668. The van der Waals surface area contributed by atoms with Crippen molar-refractivity contribution in [3.05, 3.63) is 127 Å². The Balaban J connectivity index is 1.32. The van der Waals surface area contributed by atoms with Gasteiger partial charge < -0.3 is 8.83 Å². The Kier molecular flexibility index (Phi) is 4.83. The second-order valence-electron chi connectivity index (χ2n) is 10.4. The van der Waals surface area contributed by atoms with Gasteiger partial charge in [0, 0.05) is 38.2 Å². The maximum atomic E-state index is 6.18. The lowest BCUT2D eigenvalue weighted by atomic mass is 10.0. The maximum Gasteiger partial charge on any atom is 0.164 e. The van der Waals surface area contributed by atoms with Crippen molar-refractivity contribution in [1.29, 1.82) is 0 Å². The first-order chi connectivity index (χ1) is 20.8. The van der Waals surface area contributed by atoms with Gasteiger partial charge in [0.1, 0.15) is 22.3 Å².